The molecule has 30 heavy (non-hydrogen) atoms. The van der Waals surface area contributed by atoms with Crippen LogP contribution in [0.4, 0.5) is 5.69 Å². The lowest BCUT2D eigenvalue weighted by Crippen LogP contribution is -2.35. The smallest absolute Gasteiger partial charge is 0.243 e. The van der Waals surface area contributed by atoms with Crippen molar-refractivity contribution in [3.05, 3.63) is 53.1 Å². The first-order valence-electron chi connectivity index (χ1n) is 9.40. The van der Waals surface area contributed by atoms with Crippen molar-refractivity contribution in [3.8, 4) is 5.75 Å². The van der Waals surface area contributed by atoms with Crippen molar-refractivity contribution in [1.29, 1.82) is 0 Å². The van der Waals surface area contributed by atoms with E-state index in [1.165, 1.54) is 0 Å². The number of piperidine rings is 1. The van der Waals surface area contributed by atoms with Gasteiger partial charge in [-0.15, -0.1) is 24.0 Å². The SMILES string of the molecule is COc1ccc(NC(N)=NCc2cccc(S(=O)(=O)N3CCCCC3)c2)cc1Cl.I. The Balaban J connectivity index is 0.00000320. The highest BCUT2D eigenvalue weighted by atomic mass is 127. The minimum absolute atomic E-state index is 0. The molecule has 0 aromatic heterocycles. The largest absolute Gasteiger partial charge is 0.495 e. The molecular formula is C20H26ClIN4O3S. The van der Waals surface area contributed by atoms with Gasteiger partial charge in [-0.1, -0.05) is 30.2 Å². The highest BCUT2D eigenvalue weighted by molar-refractivity contribution is 14.0. The van der Waals surface area contributed by atoms with Gasteiger partial charge in [0.05, 0.1) is 23.6 Å². The number of guanidine groups is 1. The van der Waals surface area contributed by atoms with Gasteiger partial charge < -0.3 is 15.8 Å². The van der Waals surface area contributed by atoms with Crippen LogP contribution < -0.4 is 15.8 Å². The Hall–Kier alpha value is -1.56. The molecule has 2 aromatic carbocycles. The molecule has 164 valence electrons. The van der Waals surface area contributed by atoms with Crippen molar-refractivity contribution in [2.75, 3.05) is 25.5 Å². The summed E-state index contributed by atoms with van der Waals surface area (Å²) >= 11 is 6.10. The standard InChI is InChI=1S/C20H25ClN4O3S.HI/c1-28-19-9-8-16(13-18(19)21)24-20(22)23-14-15-6-5-7-17(12-15)29(26,27)25-10-3-2-4-11-25;/h5-9,12-13H,2-4,10-11,14H2,1H3,(H3,22,23,24);1H. The lowest BCUT2D eigenvalue weighted by molar-refractivity contribution is 0.346. The lowest BCUT2D eigenvalue weighted by atomic mass is 10.2. The third-order valence-corrected chi connectivity index (χ3v) is 6.90. The van der Waals surface area contributed by atoms with Gasteiger partial charge in [0.15, 0.2) is 5.96 Å². The minimum atomic E-state index is -3.47. The van der Waals surface area contributed by atoms with Gasteiger partial charge in [0.2, 0.25) is 10.0 Å². The molecule has 2 aromatic rings. The molecule has 0 spiro atoms. The van der Waals surface area contributed by atoms with E-state index >= 15 is 0 Å². The zero-order valence-electron chi connectivity index (χ0n) is 16.7. The van der Waals surface area contributed by atoms with E-state index in [0.717, 1.165) is 24.8 Å². The van der Waals surface area contributed by atoms with Crippen LogP contribution in [0.15, 0.2) is 52.4 Å². The van der Waals surface area contributed by atoms with E-state index < -0.39 is 10.0 Å². The second-order valence-corrected chi connectivity index (χ2v) is 9.13. The number of nitrogens with two attached hydrogens (primary N) is 1. The molecule has 1 heterocycles. The van der Waals surface area contributed by atoms with Crippen LogP contribution in [0.3, 0.4) is 0 Å². The van der Waals surface area contributed by atoms with Crippen molar-refractivity contribution < 1.29 is 13.2 Å². The number of halogens is 2. The van der Waals surface area contributed by atoms with Gasteiger partial charge in [-0.05, 0) is 48.7 Å². The van der Waals surface area contributed by atoms with Gasteiger partial charge in [0.1, 0.15) is 5.75 Å². The van der Waals surface area contributed by atoms with E-state index in [9.17, 15) is 8.42 Å². The molecule has 0 radical (unpaired) electrons. The number of methoxy groups -OCH3 is 1. The first-order valence-corrected chi connectivity index (χ1v) is 11.2. The summed E-state index contributed by atoms with van der Waals surface area (Å²) in [5.74, 6) is 0.773. The average Bonchev–Trinajstić information content (AvgIpc) is 2.73. The Morgan fingerprint density at radius 3 is 2.60 bits per heavy atom. The zero-order chi connectivity index (χ0) is 20.9. The maximum Gasteiger partial charge on any atom is 0.243 e. The Bertz CT molecular complexity index is 995. The van der Waals surface area contributed by atoms with E-state index in [0.29, 0.717) is 34.4 Å². The van der Waals surface area contributed by atoms with Crippen LogP contribution in [-0.4, -0.2) is 38.9 Å². The molecule has 3 N–H and O–H groups in total. The second-order valence-electron chi connectivity index (χ2n) is 6.79. The lowest BCUT2D eigenvalue weighted by Gasteiger charge is -2.26. The van der Waals surface area contributed by atoms with Gasteiger partial charge >= 0.3 is 0 Å². The third kappa shape index (κ3) is 6.22. The number of rotatable bonds is 6. The number of sulfonamides is 1. The fraction of sp³-hybridized carbons (Fsp3) is 0.350. The van der Waals surface area contributed by atoms with Crippen LogP contribution in [0.1, 0.15) is 24.8 Å². The number of benzene rings is 2. The normalized spacial score (nSPS) is 15.3. The second kappa shape index (κ2) is 11.2. The highest BCUT2D eigenvalue weighted by Gasteiger charge is 2.25. The number of nitrogens with one attached hydrogen (secondary N) is 1. The minimum Gasteiger partial charge on any atom is -0.495 e. The Labute approximate surface area is 199 Å². The van der Waals surface area contributed by atoms with E-state index in [-0.39, 0.29) is 36.5 Å². The third-order valence-electron chi connectivity index (χ3n) is 4.71. The Morgan fingerprint density at radius 1 is 1.20 bits per heavy atom. The molecule has 0 atom stereocenters. The van der Waals surface area contributed by atoms with Crippen LogP contribution in [0, 0.1) is 0 Å². The molecule has 1 aliphatic rings. The molecule has 10 heteroatoms. The summed E-state index contributed by atoms with van der Waals surface area (Å²) in [5, 5.41) is 3.42. The molecular weight excluding hydrogens is 539 g/mol. The Kier molecular flexibility index (Phi) is 9.20. The molecule has 0 aliphatic carbocycles. The summed E-state index contributed by atoms with van der Waals surface area (Å²) in [4.78, 5) is 4.59. The Morgan fingerprint density at radius 2 is 1.93 bits per heavy atom. The summed E-state index contributed by atoms with van der Waals surface area (Å²) < 4.78 is 32.3. The molecule has 7 nitrogen and oxygen atoms in total. The fourth-order valence-electron chi connectivity index (χ4n) is 3.17. The summed E-state index contributed by atoms with van der Waals surface area (Å²) in [6.07, 6.45) is 2.88. The van der Waals surface area contributed by atoms with E-state index in [1.54, 1.807) is 47.8 Å². The van der Waals surface area contributed by atoms with E-state index in [4.69, 9.17) is 22.1 Å². The molecule has 3 rings (SSSR count). The van der Waals surface area contributed by atoms with Crippen molar-refractivity contribution in [1.82, 2.24) is 4.31 Å². The molecule has 0 unspecified atom stereocenters. The molecule has 0 amide bonds. The summed E-state index contributed by atoms with van der Waals surface area (Å²) in [6.45, 7) is 1.41. The molecule has 0 saturated carbocycles. The number of anilines is 1. The maximum atomic E-state index is 12.8. The number of aliphatic imine (C=N–C) groups is 1. The molecule has 1 saturated heterocycles. The first kappa shape index (κ1) is 24.7. The topological polar surface area (TPSA) is 97.0 Å². The number of hydrogen-bond donors (Lipinski definition) is 2. The predicted octanol–water partition coefficient (Wildman–Crippen LogP) is 4.07. The molecule has 1 aliphatic heterocycles. The van der Waals surface area contributed by atoms with Gasteiger partial charge in [-0.2, -0.15) is 4.31 Å². The maximum absolute atomic E-state index is 12.8. The molecule has 0 bridgehead atoms. The van der Waals surface area contributed by atoms with E-state index in [1.807, 2.05) is 6.07 Å². The average molecular weight is 565 g/mol. The van der Waals surface area contributed by atoms with Gasteiger partial charge in [0.25, 0.3) is 0 Å². The van der Waals surface area contributed by atoms with Crippen LogP contribution in [0.5, 0.6) is 5.75 Å². The molecule has 1 fully saturated rings. The monoisotopic (exact) mass is 564 g/mol. The van der Waals surface area contributed by atoms with Crippen molar-refractivity contribution in [3.63, 3.8) is 0 Å². The first-order chi connectivity index (χ1) is 13.9. The van der Waals surface area contributed by atoms with Gasteiger partial charge in [-0.25, -0.2) is 13.4 Å². The number of ether oxygens (including phenoxy) is 1. The van der Waals surface area contributed by atoms with Crippen LogP contribution in [0.25, 0.3) is 0 Å². The predicted molar refractivity (Wildman–Crippen MR) is 131 cm³/mol. The van der Waals surface area contributed by atoms with Crippen molar-refractivity contribution in [2.45, 2.75) is 30.7 Å². The number of nitrogens with zero attached hydrogens (tertiary/aromatic N) is 2. The quantitative estimate of drug-likeness (QED) is 0.313. The van der Waals surface area contributed by atoms with Crippen molar-refractivity contribution in [2.24, 2.45) is 10.7 Å². The summed E-state index contributed by atoms with van der Waals surface area (Å²) in [6, 6.07) is 12.0. The van der Waals surface area contributed by atoms with Gasteiger partial charge in [-0.3, -0.25) is 0 Å². The number of hydrogen-bond acceptors (Lipinski definition) is 4. The van der Waals surface area contributed by atoms with Crippen molar-refractivity contribution >= 4 is 57.2 Å². The summed E-state index contributed by atoms with van der Waals surface area (Å²) in [7, 11) is -1.93. The fourth-order valence-corrected chi connectivity index (χ4v) is 5.01. The zero-order valence-corrected chi connectivity index (χ0v) is 20.6. The summed E-state index contributed by atoms with van der Waals surface area (Å²) in [5.41, 5.74) is 7.40. The van der Waals surface area contributed by atoms with Crippen LogP contribution in [0.2, 0.25) is 5.02 Å². The van der Waals surface area contributed by atoms with E-state index in [2.05, 4.69) is 10.3 Å². The van der Waals surface area contributed by atoms with Crippen LogP contribution >= 0.6 is 35.6 Å². The highest BCUT2D eigenvalue weighted by Crippen LogP contribution is 2.27. The van der Waals surface area contributed by atoms with Gasteiger partial charge in [0, 0.05) is 18.8 Å². The van der Waals surface area contributed by atoms with Crippen LogP contribution in [-0.2, 0) is 16.6 Å².